The number of ether oxygens (including phenoxy) is 1. The molecule has 3 rings (SSSR count). The topological polar surface area (TPSA) is 95.2 Å². The van der Waals surface area contributed by atoms with Crippen molar-refractivity contribution in [2.75, 3.05) is 20.3 Å². The molecule has 0 unspecified atom stereocenters. The van der Waals surface area contributed by atoms with Gasteiger partial charge in [0.2, 0.25) is 4.80 Å². The molecular formula is C15H14N4O4S2. The fraction of sp³-hybridized carbons (Fsp3) is 0.200. The number of nitrogens with zero attached hydrogens (tertiary/aromatic N) is 4. The smallest absolute Gasteiger partial charge is 0.400 e. The third kappa shape index (κ3) is 4.10. The van der Waals surface area contributed by atoms with Gasteiger partial charge in [-0.15, -0.1) is 22.7 Å². The lowest BCUT2D eigenvalue weighted by molar-refractivity contribution is -0.402. The number of furan rings is 1. The zero-order chi connectivity index (χ0) is 17.6. The summed E-state index contributed by atoms with van der Waals surface area (Å²) >= 11 is 3.06. The van der Waals surface area contributed by atoms with Crippen LogP contribution < -0.4 is 4.80 Å². The van der Waals surface area contributed by atoms with Crippen LogP contribution in [0.2, 0.25) is 0 Å². The monoisotopic (exact) mass is 378 g/mol. The van der Waals surface area contributed by atoms with E-state index in [9.17, 15) is 10.1 Å². The minimum atomic E-state index is -0.586. The van der Waals surface area contributed by atoms with Gasteiger partial charge in [-0.05, 0) is 17.5 Å². The number of thiophene rings is 1. The third-order valence-electron chi connectivity index (χ3n) is 3.09. The molecule has 0 aliphatic heterocycles. The lowest BCUT2D eigenvalue weighted by atomic mass is 10.4. The minimum Gasteiger partial charge on any atom is -0.400 e. The van der Waals surface area contributed by atoms with Gasteiger partial charge in [-0.1, -0.05) is 6.07 Å². The van der Waals surface area contributed by atoms with Gasteiger partial charge in [-0.2, -0.15) is 5.10 Å². The summed E-state index contributed by atoms with van der Waals surface area (Å²) in [5.41, 5.74) is 0.897. The fourth-order valence-electron chi connectivity index (χ4n) is 1.97. The molecule has 0 spiro atoms. The van der Waals surface area contributed by atoms with Crippen LogP contribution in [0.25, 0.3) is 10.6 Å². The van der Waals surface area contributed by atoms with E-state index in [4.69, 9.17) is 9.15 Å². The van der Waals surface area contributed by atoms with E-state index in [0.29, 0.717) is 23.7 Å². The molecule has 0 saturated heterocycles. The van der Waals surface area contributed by atoms with Crippen LogP contribution in [0.3, 0.4) is 0 Å². The zero-order valence-electron chi connectivity index (χ0n) is 13.2. The van der Waals surface area contributed by atoms with Gasteiger partial charge in [-0.25, -0.2) is 4.68 Å². The molecule has 3 aromatic rings. The van der Waals surface area contributed by atoms with E-state index in [-0.39, 0.29) is 5.88 Å². The number of nitro groups is 1. The first-order chi connectivity index (χ1) is 12.2. The Hall–Kier alpha value is -2.56. The van der Waals surface area contributed by atoms with Gasteiger partial charge in [0.05, 0.1) is 36.0 Å². The Labute approximate surface area is 150 Å². The maximum absolute atomic E-state index is 10.7. The van der Waals surface area contributed by atoms with E-state index >= 15 is 0 Å². The number of methoxy groups -OCH3 is 1. The number of rotatable bonds is 7. The molecule has 0 saturated carbocycles. The van der Waals surface area contributed by atoms with Crippen molar-refractivity contribution in [2.45, 2.75) is 0 Å². The standard InChI is InChI=1S/C15H14N4O4S2/c1-22-7-6-16-15-18(12(10-25-15)13-3-2-8-24-13)17-9-11-4-5-14(23-11)19(20)21/h2-5,8-10H,6-7H2,1H3/b16-15?,17-9-. The van der Waals surface area contributed by atoms with Gasteiger partial charge >= 0.3 is 5.88 Å². The summed E-state index contributed by atoms with van der Waals surface area (Å²) in [6.07, 6.45) is 1.44. The number of aromatic nitrogens is 1. The van der Waals surface area contributed by atoms with E-state index < -0.39 is 4.92 Å². The first-order valence-corrected chi connectivity index (χ1v) is 8.97. The van der Waals surface area contributed by atoms with E-state index in [2.05, 4.69) is 10.1 Å². The highest BCUT2D eigenvalue weighted by Gasteiger charge is 2.11. The van der Waals surface area contributed by atoms with Crippen molar-refractivity contribution < 1.29 is 14.1 Å². The van der Waals surface area contributed by atoms with Crippen molar-refractivity contribution in [1.82, 2.24) is 4.68 Å². The highest BCUT2D eigenvalue weighted by Crippen LogP contribution is 2.25. The van der Waals surface area contributed by atoms with E-state index in [1.807, 2.05) is 22.9 Å². The Balaban J connectivity index is 1.96. The quantitative estimate of drug-likeness (QED) is 0.273. The number of thiazole rings is 1. The van der Waals surface area contributed by atoms with Crippen molar-refractivity contribution in [2.24, 2.45) is 10.1 Å². The Morgan fingerprint density at radius 2 is 2.28 bits per heavy atom. The van der Waals surface area contributed by atoms with E-state index in [1.54, 1.807) is 23.1 Å². The number of hydrogen-bond donors (Lipinski definition) is 0. The van der Waals surface area contributed by atoms with Crippen molar-refractivity contribution in [3.05, 3.63) is 55.7 Å². The zero-order valence-corrected chi connectivity index (χ0v) is 14.8. The van der Waals surface area contributed by atoms with Crippen LogP contribution in [0.4, 0.5) is 5.88 Å². The highest BCUT2D eigenvalue weighted by molar-refractivity contribution is 7.14. The maximum atomic E-state index is 10.7. The number of hydrogen-bond acceptors (Lipinski definition) is 8. The summed E-state index contributed by atoms with van der Waals surface area (Å²) in [6, 6.07) is 6.75. The van der Waals surface area contributed by atoms with Crippen molar-refractivity contribution in [3.8, 4) is 10.6 Å². The van der Waals surface area contributed by atoms with Crippen molar-refractivity contribution in [1.29, 1.82) is 0 Å². The predicted molar refractivity (Wildman–Crippen MR) is 96.3 cm³/mol. The average Bonchev–Trinajstić information content (AvgIpc) is 3.33. The molecule has 0 aliphatic rings. The molecule has 0 N–H and O–H groups in total. The summed E-state index contributed by atoms with van der Waals surface area (Å²) in [5, 5.41) is 19.1. The van der Waals surface area contributed by atoms with Crippen LogP contribution in [-0.4, -0.2) is 36.1 Å². The molecule has 3 heterocycles. The van der Waals surface area contributed by atoms with Crippen LogP contribution >= 0.6 is 22.7 Å². The van der Waals surface area contributed by atoms with Gasteiger partial charge in [0.15, 0.2) is 5.76 Å². The summed E-state index contributed by atoms with van der Waals surface area (Å²) in [6.45, 7) is 1.03. The van der Waals surface area contributed by atoms with Crippen LogP contribution in [0.5, 0.6) is 0 Å². The molecule has 8 nitrogen and oxygen atoms in total. The minimum absolute atomic E-state index is 0.297. The highest BCUT2D eigenvalue weighted by atomic mass is 32.1. The summed E-state index contributed by atoms with van der Waals surface area (Å²) in [4.78, 5) is 16.3. The molecule has 0 aromatic carbocycles. The SMILES string of the molecule is COCCN=c1scc(-c2cccs2)n1/N=C\c1ccc([N+](=O)[O-])o1. The van der Waals surface area contributed by atoms with Crippen molar-refractivity contribution in [3.63, 3.8) is 0 Å². The van der Waals surface area contributed by atoms with Gasteiger partial charge in [0.1, 0.15) is 4.92 Å². The van der Waals surface area contributed by atoms with Gasteiger partial charge in [-0.3, -0.25) is 15.1 Å². The Bertz CT molecular complexity index is 937. The van der Waals surface area contributed by atoms with E-state index in [1.165, 1.54) is 29.7 Å². The first kappa shape index (κ1) is 17.3. The molecule has 10 heteroatoms. The predicted octanol–water partition coefficient (Wildman–Crippen LogP) is 3.21. The van der Waals surface area contributed by atoms with Gasteiger partial charge in [0, 0.05) is 12.5 Å². The molecule has 130 valence electrons. The lowest BCUT2D eigenvalue weighted by Crippen LogP contribution is -2.13. The second kappa shape index (κ2) is 8.01. The largest absolute Gasteiger partial charge is 0.433 e. The molecule has 25 heavy (non-hydrogen) atoms. The maximum Gasteiger partial charge on any atom is 0.433 e. The third-order valence-corrected chi connectivity index (χ3v) is 4.84. The first-order valence-electron chi connectivity index (χ1n) is 7.21. The molecule has 3 aromatic heterocycles. The molecular weight excluding hydrogens is 364 g/mol. The Kier molecular flexibility index (Phi) is 5.53. The second-order valence-electron chi connectivity index (χ2n) is 4.74. The van der Waals surface area contributed by atoms with Gasteiger partial charge in [0.25, 0.3) is 0 Å². The van der Waals surface area contributed by atoms with Crippen LogP contribution in [-0.2, 0) is 4.74 Å². The van der Waals surface area contributed by atoms with Crippen LogP contribution in [0.1, 0.15) is 5.76 Å². The Morgan fingerprint density at radius 3 is 2.96 bits per heavy atom. The second-order valence-corrected chi connectivity index (χ2v) is 6.53. The normalized spacial score (nSPS) is 12.3. The summed E-state index contributed by atoms with van der Waals surface area (Å²) < 4.78 is 11.8. The molecule has 0 amide bonds. The molecule has 0 fully saturated rings. The lowest BCUT2D eigenvalue weighted by Gasteiger charge is -2.00. The molecule has 0 aliphatic carbocycles. The van der Waals surface area contributed by atoms with E-state index in [0.717, 1.165) is 10.6 Å². The summed E-state index contributed by atoms with van der Waals surface area (Å²) in [7, 11) is 1.62. The fourth-order valence-corrected chi connectivity index (χ4v) is 3.63. The van der Waals surface area contributed by atoms with Gasteiger partial charge < -0.3 is 9.15 Å². The van der Waals surface area contributed by atoms with Crippen LogP contribution in [0.15, 0.2) is 49.5 Å². The molecule has 0 radical (unpaired) electrons. The van der Waals surface area contributed by atoms with Crippen LogP contribution in [0, 0.1) is 10.1 Å². The average molecular weight is 378 g/mol. The Morgan fingerprint density at radius 1 is 1.40 bits per heavy atom. The molecule has 0 atom stereocenters. The summed E-state index contributed by atoms with van der Waals surface area (Å²) in [5.74, 6) is -0.0226. The van der Waals surface area contributed by atoms with Crippen molar-refractivity contribution >= 4 is 34.8 Å². The molecule has 0 bridgehead atoms.